The first-order chi connectivity index (χ1) is 69.9. The summed E-state index contributed by atoms with van der Waals surface area (Å²) in [6.07, 6.45) is 15.8. The molecule has 5 aliphatic rings. The lowest BCUT2D eigenvalue weighted by molar-refractivity contribution is 0.0791. The van der Waals surface area contributed by atoms with Crippen LogP contribution in [-0.2, 0) is 51.2 Å². The number of hydrogen-bond donors (Lipinski definition) is 7. The van der Waals surface area contributed by atoms with Crippen LogP contribution in [0.15, 0.2) is 183 Å². The van der Waals surface area contributed by atoms with Crippen LogP contribution in [0.5, 0.6) is 23.0 Å². The van der Waals surface area contributed by atoms with E-state index < -0.39 is 0 Å². The normalized spacial score (nSPS) is 16.0. The topological polar surface area (TPSA) is 296 Å². The number of unbranched alkanes of at least 4 members (excludes halogenated alkanes) is 4. The number of aromatic nitrogens is 7. The molecule has 0 radical (unpaired) electrons. The SMILES string of the molecule is CC(C)COC(=O)N1CCc2c([nH]c3ccc(Cl)cc23)C1c1ccc(OCCCCN2CCCC2)cc1.CC(C)COC(=O)N1CCc2c([nH]c3ccc(Cl)cc23)C1c1ccc(OCCCCNC(C)C)cc1.CC(C)COC(=O)N1CCc2c([nH]c3ccc(Cl)cc23)C1c1ccc(OCCCCNCCO)cc1.CCOC(=O)N1CCc2c([nH]c3ccc(Cl)cc23)C1c1ccc(OCCCCn2cncn2)cc1. The molecule has 4 unspecified atom stereocenters. The van der Waals surface area contributed by atoms with Gasteiger partial charge >= 0.3 is 24.4 Å². The highest BCUT2D eigenvalue weighted by molar-refractivity contribution is 6.32. The average Bonchev–Trinajstić information content (AvgIpc) is 1.61. The van der Waals surface area contributed by atoms with E-state index in [1.54, 1.807) is 17.6 Å². The zero-order chi connectivity index (χ0) is 101. The Balaban J connectivity index is 0.000000144. The Morgan fingerprint density at radius 2 is 0.701 bits per heavy atom. The molecule has 8 aromatic carbocycles. The summed E-state index contributed by atoms with van der Waals surface area (Å²) in [5.74, 6) is 4.13. The molecule has 18 rings (SSSR count). The molecule has 5 aliphatic heterocycles. The first kappa shape index (κ1) is 107. The summed E-state index contributed by atoms with van der Waals surface area (Å²) >= 11 is 25.2. The molecule has 0 saturated carbocycles. The minimum absolute atomic E-state index is 0.157. The summed E-state index contributed by atoms with van der Waals surface area (Å²) in [6, 6.07) is 55.2. The number of ether oxygens (including phenoxy) is 8. The fraction of sp³-hybridized carbons (Fsp3) is 0.451. The van der Waals surface area contributed by atoms with Crippen molar-refractivity contribution in [1.29, 1.82) is 0 Å². The van der Waals surface area contributed by atoms with Crippen LogP contribution in [-0.4, -0.2) is 220 Å². The number of carbonyl (C=O) groups is 4. The molecule has 5 aromatic heterocycles. The molecule has 27 nitrogen and oxygen atoms in total. The summed E-state index contributed by atoms with van der Waals surface area (Å²) in [7, 11) is 0. The number of aromatic amines is 4. The lowest BCUT2D eigenvalue weighted by Gasteiger charge is -2.35. The van der Waals surface area contributed by atoms with Gasteiger partial charge in [0.2, 0.25) is 0 Å². The fourth-order valence-electron chi connectivity index (χ4n) is 19.5. The first-order valence-corrected chi connectivity index (χ1v) is 52.9. The second-order valence-corrected chi connectivity index (χ2v) is 40.9. The van der Waals surface area contributed by atoms with Gasteiger partial charge in [0, 0.05) is 132 Å². The second-order valence-electron chi connectivity index (χ2n) is 39.1. The van der Waals surface area contributed by atoms with Gasteiger partial charge in [-0.25, -0.2) is 24.2 Å². The Hall–Kier alpha value is -11.7. The quantitative estimate of drug-likeness (QED) is 0.0140. The largest absolute Gasteiger partial charge is 0.494 e. The maximum atomic E-state index is 13.2. The van der Waals surface area contributed by atoms with Gasteiger partial charge in [-0.05, 0) is 313 Å². The Morgan fingerprint density at radius 1 is 0.389 bits per heavy atom. The third kappa shape index (κ3) is 28.1. The smallest absolute Gasteiger partial charge is 0.410 e. The molecule has 1 saturated heterocycles. The standard InChI is InChI=1S/C30H38ClN3O3.C29H38ClN3O3.C28H36ClN3O4.C26H28ClN5O3/c1-21(2)20-37-30(35)34-17-13-25-26-19-23(31)9-12-27(26)32-28(25)29(34)22-7-10-24(11-8-22)36-18-6-5-16-33-14-3-4-15-33;1-19(2)18-36-29(34)33-15-13-24-25-17-22(30)9-12-26(25)32-27(24)28(33)21-7-10-23(11-8-21)35-16-6-5-14-31-20(3)4;1-19(2)18-36-28(34)32-14-11-23-24-17-21(29)7-10-25(24)31-26(23)27(32)20-5-8-22(9-6-20)35-16-4-3-12-30-13-15-33;1-2-34-26(33)32-13-11-21-22-15-19(27)7-10-23(22)30-24(21)25(32)18-5-8-20(9-6-18)35-14-4-3-12-31-17-28-16-29-31/h7-12,19,21,29,32H,3-6,13-18,20H2,1-2H3;7-12,17,19-20,28,31-32H,5-6,13-16,18H2,1-4H3;5-10,17,19,27,30-31,33H,3-4,11-16,18H2,1-2H3;5-10,15-17,25,30H,2-4,11-14H2,1H3. The van der Waals surface area contributed by atoms with E-state index in [0.717, 1.165) is 209 Å². The Labute approximate surface area is 865 Å². The molecule has 31 heteroatoms. The van der Waals surface area contributed by atoms with E-state index in [9.17, 15) is 19.2 Å². The van der Waals surface area contributed by atoms with Crippen molar-refractivity contribution in [2.75, 3.05) is 125 Å². The van der Waals surface area contributed by atoms with Crippen molar-refractivity contribution >= 4 is 114 Å². The van der Waals surface area contributed by atoms with Gasteiger partial charge in [0.05, 0.1) is 59.5 Å². The van der Waals surface area contributed by atoms with Gasteiger partial charge in [-0.1, -0.05) is 150 Å². The lowest BCUT2D eigenvalue weighted by Crippen LogP contribution is -2.41. The monoisotopic (exact) mass is 2040 g/mol. The number of likely N-dealkylation sites (tertiary alicyclic amines) is 1. The number of rotatable bonds is 38. The van der Waals surface area contributed by atoms with Crippen molar-refractivity contribution in [3.8, 4) is 23.0 Å². The van der Waals surface area contributed by atoms with Crippen LogP contribution in [0.1, 0.15) is 218 Å². The molecule has 4 amide bonds. The van der Waals surface area contributed by atoms with Crippen LogP contribution in [0.2, 0.25) is 20.1 Å². The molecule has 768 valence electrons. The number of carbonyl (C=O) groups excluding carboxylic acids is 4. The molecule has 1 fully saturated rings. The van der Waals surface area contributed by atoms with Crippen LogP contribution in [0.3, 0.4) is 0 Å². The van der Waals surface area contributed by atoms with E-state index in [-0.39, 0.29) is 72.9 Å². The number of aliphatic hydroxyl groups is 1. The number of nitrogens with one attached hydrogen (secondary N) is 6. The third-order valence-corrected chi connectivity index (χ3v) is 27.5. The third-order valence-electron chi connectivity index (χ3n) is 26.5. The van der Waals surface area contributed by atoms with Crippen molar-refractivity contribution in [3.63, 3.8) is 0 Å². The van der Waals surface area contributed by atoms with E-state index in [4.69, 9.17) is 89.4 Å². The summed E-state index contributed by atoms with van der Waals surface area (Å²) < 4.78 is 48.0. The molecule has 13 aromatic rings. The van der Waals surface area contributed by atoms with Crippen LogP contribution in [0, 0.1) is 17.8 Å². The number of aryl methyl sites for hydroxylation is 1. The lowest BCUT2D eigenvalue weighted by atomic mass is 9.92. The van der Waals surface area contributed by atoms with Crippen molar-refractivity contribution < 1.29 is 62.2 Å². The van der Waals surface area contributed by atoms with Crippen LogP contribution >= 0.6 is 46.4 Å². The predicted octanol–water partition coefficient (Wildman–Crippen LogP) is 24.2. The maximum Gasteiger partial charge on any atom is 0.410 e. The summed E-state index contributed by atoms with van der Waals surface area (Å²) in [5, 5.41) is 26.8. The van der Waals surface area contributed by atoms with Crippen molar-refractivity contribution in [1.82, 2.24) is 69.8 Å². The zero-order valence-corrected chi connectivity index (χ0v) is 87.4. The predicted molar refractivity (Wildman–Crippen MR) is 571 cm³/mol. The van der Waals surface area contributed by atoms with E-state index in [0.29, 0.717) is 105 Å². The van der Waals surface area contributed by atoms with Crippen LogP contribution in [0.4, 0.5) is 19.2 Å². The summed E-state index contributed by atoms with van der Waals surface area (Å²) in [6.45, 7) is 32.0. The molecular weight excluding hydrogens is 1900 g/mol. The number of H-pyrrole nitrogens is 4. The summed E-state index contributed by atoms with van der Waals surface area (Å²) in [5.41, 5.74) is 17.0. The van der Waals surface area contributed by atoms with Gasteiger partial charge in [0.25, 0.3) is 0 Å². The Morgan fingerprint density at radius 3 is 1.00 bits per heavy atom. The van der Waals surface area contributed by atoms with E-state index in [2.05, 4.69) is 83.7 Å². The number of fused-ring (bicyclic) bond motifs is 12. The number of aliphatic hydroxyl groups excluding tert-OH is 1. The van der Waals surface area contributed by atoms with E-state index in [1.165, 1.54) is 61.2 Å². The number of amides is 4. The Bertz CT molecular complexity index is 6300. The number of halogens is 4. The van der Waals surface area contributed by atoms with Gasteiger partial charge in [0.1, 0.15) is 59.8 Å². The molecule has 4 atom stereocenters. The number of nitrogens with zero attached hydrogens (tertiary/aromatic N) is 8. The fourth-order valence-corrected chi connectivity index (χ4v) is 20.2. The van der Waals surface area contributed by atoms with E-state index in [1.807, 2.05) is 213 Å². The van der Waals surface area contributed by atoms with Crippen molar-refractivity contribution in [3.05, 3.63) is 270 Å². The minimum Gasteiger partial charge on any atom is -0.494 e. The molecule has 0 spiro atoms. The summed E-state index contributed by atoms with van der Waals surface area (Å²) in [4.78, 5) is 80.3. The molecule has 144 heavy (non-hydrogen) atoms. The minimum atomic E-state index is -0.312. The molecule has 7 N–H and O–H groups in total. The van der Waals surface area contributed by atoms with Gasteiger partial charge in [-0.15, -0.1) is 0 Å². The molecule has 0 bridgehead atoms. The highest BCUT2D eigenvalue weighted by Crippen LogP contribution is 2.46. The number of hydrogen-bond acceptors (Lipinski definition) is 18. The van der Waals surface area contributed by atoms with Gasteiger partial charge in [-0.2, -0.15) is 5.10 Å². The van der Waals surface area contributed by atoms with Crippen LogP contribution < -0.4 is 29.6 Å². The second kappa shape index (κ2) is 52.4. The maximum absolute atomic E-state index is 13.2. The van der Waals surface area contributed by atoms with Crippen LogP contribution in [0.25, 0.3) is 43.6 Å². The highest BCUT2D eigenvalue weighted by atomic mass is 35.5. The van der Waals surface area contributed by atoms with Gasteiger partial charge in [-0.3, -0.25) is 24.3 Å². The van der Waals surface area contributed by atoms with Gasteiger partial charge in [0.15, 0.2) is 0 Å². The van der Waals surface area contributed by atoms with Crippen molar-refractivity contribution in [2.45, 2.75) is 189 Å². The first-order valence-electron chi connectivity index (χ1n) is 51.4. The van der Waals surface area contributed by atoms with E-state index >= 15 is 0 Å². The zero-order valence-electron chi connectivity index (χ0n) is 84.4. The molecular formula is C113H140Cl4N14O13. The highest BCUT2D eigenvalue weighted by Gasteiger charge is 2.41. The average molecular weight is 2040 g/mol. The number of benzene rings is 8. The molecule has 0 aliphatic carbocycles. The van der Waals surface area contributed by atoms with Gasteiger partial charge < -0.3 is 78.5 Å². The molecule has 10 heterocycles. The van der Waals surface area contributed by atoms with Crippen molar-refractivity contribution in [2.24, 2.45) is 17.8 Å². The Kier molecular flexibility index (Phi) is 38.8.